The minimum absolute atomic E-state index is 0.000253. The average Bonchev–Trinajstić information content (AvgIpc) is 4.11. The number of amides is 11. The highest BCUT2D eigenvalue weighted by Gasteiger charge is 2.35. The first-order valence-corrected chi connectivity index (χ1v) is 26.1. The van der Waals surface area contributed by atoms with Crippen molar-refractivity contribution in [2.45, 2.75) is 132 Å². The van der Waals surface area contributed by atoms with Crippen molar-refractivity contribution in [2.75, 3.05) is 18.6 Å². The van der Waals surface area contributed by atoms with Gasteiger partial charge in [0, 0.05) is 62.8 Å². The number of aromatic amines is 2. The molecule has 30 heteroatoms. The van der Waals surface area contributed by atoms with E-state index in [9.17, 15) is 62.6 Å². The molecule has 0 unspecified atom stereocenters. The van der Waals surface area contributed by atoms with E-state index in [1.165, 1.54) is 36.8 Å². The van der Waals surface area contributed by atoms with Gasteiger partial charge in [-0.3, -0.25) is 57.5 Å². The molecule has 2 heterocycles. The lowest BCUT2D eigenvalue weighted by Crippen LogP contribution is -2.61. The zero-order valence-electron chi connectivity index (χ0n) is 43.2. The molecule has 0 saturated carbocycles. The third-order valence-corrected chi connectivity index (χ3v) is 12.3. The van der Waals surface area contributed by atoms with E-state index in [1.54, 1.807) is 36.6 Å². The monoisotopic (exact) mass is 1110 g/mol. The first-order valence-electron chi connectivity index (χ1n) is 24.7. The number of carboxylic acids is 1. The van der Waals surface area contributed by atoms with Crippen LogP contribution in [0.3, 0.4) is 0 Å². The molecule has 2 aromatic heterocycles. The Bertz CT molecular complexity index is 2500. The van der Waals surface area contributed by atoms with Gasteiger partial charge >= 0.3 is 5.97 Å². The molecule has 0 aliphatic heterocycles. The number of primary amides is 3. The van der Waals surface area contributed by atoms with Crippen molar-refractivity contribution in [2.24, 2.45) is 22.9 Å². The lowest BCUT2D eigenvalue weighted by molar-refractivity contribution is -0.140. The van der Waals surface area contributed by atoms with Crippen LogP contribution < -0.4 is 65.5 Å². The number of imidazole rings is 2. The van der Waals surface area contributed by atoms with Crippen molar-refractivity contribution in [1.29, 1.82) is 0 Å². The smallest absolute Gasteiger partial charge is 0.305 e. The summed E-state index contributed by atoms with van der Waals surface area (Å²) in [6.07, 6.45) is 4.93. The number of H-pyrrole nitrogens is 2. The molecular formula is C48H70N16O13S. The van der Waals surface area contributed by atoms with Gasteiger partial charge in [-0.05, 0) is 62.6 Å². The Morgan fingerprint density at radius 1 is 0.538 bits per heavy atom. The third kappa shape index (κ3) is 23.6. The zero-order valence-corrected chi connectivity index (χ0v) is 44.0. The number of nitrogens with zero attached hydrogens (tertiary/aromatic N) is 2. The van der Waals surface area contributed by atoms with Gasteiger partial charge in [0.1, 0.15) is 48.3 Å². The highest BCUT2D eigenvalue weighted by molar-refractivity contribution is 7.98. The van der Waals surface area contributed by atoms with E-state index in [2.05, 4.69) is 62.5 Å². The number of rotatable bonds is 37. The zero-order chi connectivity index (χ0) is 57.7. The molecule has 78 heavy (non-hydrogen) atoms. The van der Waals surface area contributed by atoms with Crippen molar-refractivity contribution >= 4 is 82.7 Å². The predicted octanol–water partition coefficient (Wildman–Crippen LogP) is -4.57. The maximum absolute atomic E-state index is 14.6. The van der Waals surface area contributed by atoms with Gasteiger partial charge in [0.05, 0.1) is 19.1 Å². The van der Waals surface area contributed by atoms with E-state index in [1.807, 2.05) is 0 Å². The number of hydrogen-bond donors (Lipinski definition) is 15. The Labute approximate surface area is 452 Å². The van der Waals surface area contributed by atoms with Gasteiger partial charge < -0.3 is 80.5 Å². The van der Waals surface area contributed by atoms with Crippen LogP contribution >= 0.6 is 11.8 Å². The van der Waals surface area contributed by atoms with Gasteiger partial charge in [-0.15, -0.1) is 0 Å². The molecule has 11 amide bonds. The number of unbranched alkanes of at least 4 members (excludes halogenated alkanes) is 1. The number of aliphatic carboxylic acids is 1. The van der Waals surface area contributed by atoms with Crippen molar-refractivity contribution in [1.82, 2.24) is 62.5 Å². The molecular weight excluding hydrogens is 1040 g/mol. The SMILES string of the molecule is CSCC[C@H](NC(=O)[C@H](CCCCN)NC(=O)[C@H](CCC(N)=O)NC(=O)[C@H](Cc1cnc[nH]1)NC(=O)[C@H](Cc1ccccc1)NC(=O)[C@H](Cc1cnc[nH]1)NC(=O)[C@H](CCC(N)=O)NC(C)=O)C(=O)N[C@@H](CC(=O)O)C(N)=O. The van der Waals surface area contributed by atoms with E-state index in [0.717, 1.165) is 6.92 Å². The van der Waals surface area contributed by atoms with Gasteiger partial charge in [-0.1, -0.05) is 30.3 Å². The maximum atomic E-state index is 14.6. The predicted molar refractivity (Wildman–Crippen MR) is 280 cm³/mol. The Balaban J connectivity index is 1.99. The molecule has 8 atom stereocenters. The number of thioether (sulfide) groups is 1. The molecule has 0 fully saturated rings. The summed E-state index contributed by atoms with van der Waals surface area (Å²) in [5.41, 5.74) is 23.1. The van der Waals surface area contributed by atoms with Crippen LogP contribution in [0.5, 0.6) is 0 Å². The minimum Gasteiger partial charge on any atom is -0.481 e. The Kier molecular flexibility index (Phi) is 27.5. The summed E-state index contributed by atoms with van der Waals surface area (Å²) in [6, 6.07) is -3.25. The summed E-state index contributed by atoms with van der Waals surface area (Å²) in [6.45, 7) is 1.36. The van der Waals surface area contributed by atoms with E-state index in [0.29, 0.717) is 29.1 Å². The summed E-state index contributed by atoms with van der Waals surface area (Å²) >= 11 is 1.31. The van der Waals surface area contributed by atoms with Crippen molar-refractivity contribution in [3.05, 3.63) is 72.3 Å². The number of carbonyl (C=O) groups excluding carboxylic acids is 11. The number of benzene rings is 1. The van der Waals surface area contributed by atoms with E-state index < -0.39 is 139 Å². The van der Waals surface area contributed by atoms with Crippen LogP contribution in [0.25, 0.3) is 0 Å². The largest absolute Gasteiger partial charge is 0.481 e. The lowest BCUT2D eigenvalue weighted by atomic mass is 10.0. The fraction of sp³-hybridized carbons (Fsp3) is 0.500. The van der Waals surface area contributed by atoms with Crippen molar-refractivity contribution in [3.63, 3.8) is 0 Å². The molecule has 19 N–H and O–H groups in total. The summed E-state index contributed by atoms with van der Waals surface area (Å²) in [5, 5.41) is 29.5. The Morgan fingerprint density at radius 2 is 0.936 bits per heavy atom. The van der Waals surface area contributed by atoms with Gasteiger partial charge in [0.25, 0.3) is 0 Å². The molecule has 0 saturated heterocycles. The molecule has 0 bridgehead atoms. The minimum atomic E-state index is -1.61. The number of carbonyl (C=O) groups is 12. The van der Waals surface area contributed by atoms with E-state index >= 15 is 0 Å². The van der Waals surface area contributed by atoms with Crippen LogP contribution in [0.2, 0.25) is 0 Å². The molecule has 426 valence electrons. The average molecular weight is 1110 g/mol. The second-order valence-electron chi connectivity index (χ2n) is 18.0. The van der Waals surface area contributed by atoms with Crippen LogP contribution in [0.1, 0.15) is 81.7 Å². The van der Waals surface area contributed by atoms with E-state index in [-0.39, 0.29) is 57.9 Å². The maximum Gasteiger partial charge on any atom is 0.305 e. The molecule has 29 nitrogen and oxygen atoms in total. The number of aromatic nitrogens is 4. The number of carboxylic acid groups (broad SMARTS) is 1. The van der Waals surface area contributed by atoms with Gasteiger partial charge in [-0.2, -0.15) is 11.8 Å². The molecule has 0 spiro atoms. The number of hydrogen-bond acceptors (Lipinski definition) is 16. The second kappa shape index (κ2) is 33.6. The van der Waals surface area contributed by atoms with Crippen molar-refractivity contribution in [3.8, 4) is 0 Å². The van der Waals surface area contributed by atoms with Crippen LogP contribution in [0.15, 0.2) is 55.4 Å². The fourth-order valence-corrected chi connectivity index (χ4v) is 8.11. The number of nitrogens with two attached hydrogens (primary N) is 4. The first-order chi connectivity index (χ1) is 37.1. The highest BCUT2D eigenvalue weighted by atomic mass is 32.2. The molecule has 1 aromatic carbocycles. The van der Waals surface area contributed by atoms with Gasteiger partial charge in [-0.25, -0.2) is 9.97 Å². The van der Waals surface area contributed by atoms with Gasteiger partial charge in [0.15, 0.2) is 0 Å². The fourth-order valence-electron chi connectivity index (χ4n) is 7.64. The van der Waals surface area contributed by atoms with Gasteiger partial charge in [0.2, 0.25) is 65.0 Å². The third-order valence-electron chi connectivity index (χ3n) is 11.7. The normalized spacial score (nSPS) is 14.0. The summed E-state index contributed by atoms with van der Waals surface area (Å²) in [4.78, 5) is 171. The van der Waals surface area contributed by atoms with Crippen LogP contribution in [0.4, 0.5) is 0 Å². The van der Waals surface area contributed by atoms with E-state index in [4.69, 9.17) is 22.9 Å². The van der Waals surface area contributed by atoms with Crippen LogP contribution in [-0.4, -0.2) is 163 Å². The Morgan fingerprint density at radius 3 is 1.32 bits per heavy atom. The number of nitrogens with one attached hydrogen (secondary N) is 10. The molecule has 0 aliphatic carbocycles. The molecule has 3 rings (SSSR count). The molecule has 0 aliphatic rings. The second-order valence-corrected chi connectivity index (χ2v) is 19.0. The topological polar surface area (TPSA) is 483 Å². The first kappa shape index (κ1) is 63.9. The summed E-state index contributed by atoms with van der Waals surface area (Å²) in [5.74, 6) is -10.9. The van der Waals surface area contributed by atoms with Crippen LogP contribution in [-0.2, 0) is 76.8 Å². The molecule has 0 radical (unpaired) electrons. The summed E-state index contributed by atoms with van der Waals surface area (Å²) in [7, 11) is 0. The Hall–Kier alpha value is -8.41. The lowest BCUT2D eigenvalue weighted by Gasteiger charge is -2.28. The quantitative estimate of drug-likeness (QED) is 0.0242. The standard InChI is InChI=1S/C48H70N16O13S/c1-26(65)57-31(11-13-38(50)66)43(72)63-37(20-29-23-54-25-56-29)48(77)62-35(18-27-8-4-3-5-9-27)46(75)64-36(19-28-22-53-24-55-28)47(76)59-32(12-14-39(51)67)44(73)58-30(10-6-7-16-49)42(71)60-33(15-17-78-2)45(74)61-34(41(52)70)21-40(68)69/h3-5,8-9,22-25,30-37H,6-7,10-21,49H2,1-2H3,(H2,50,66)(H2,51,67)(H2,52,70)(H,53,55)(H,54,56)(H,57,65)(H,58,73)(H,59,76)(H,60,71)(H,61,74)(H,62,77)(H,63,72)(H,64,75)(H,68,69)/t30-,31-,32-,33-,34-,35-,36-,37-/m0/s1. The summed E-state index contributed by atoms with van der Waals surface area (Å²) < 4.78 is 0. The molecule has 3 aromatic rings. The van der Waals surface area contributed by atoms with Crippen LogP contribution in [0, 0.1) is 0 Å². The highest BCUT2D eigenvalue weighted by Crippen LogP contribution is 2.12. The van der Waals surface area contributed by atoms with Crippen molar-refractivity contribution < 1.29 is 62.6 Å².